The molecule has 9 heteroatoms. The second kappa shape index (κ2) is 9.01. The number of benzene rings is 1. The quantitative estimate of drug-likeness (QED) is 0.818. The van der Waals surface area contributed by atoms with Crippen molar-refractivity contribution >= 4 is 39.9 Å². The van der Waals surface area contributed by atoms with Gasteiger partial charge in [0.15, 0.2) is 0 Å². The third kappa shape index (κ3) is 4.83. The lowest BCUT2D eigenvalue weighted by Crippen LogP contribution is -2.52. The van der Waals surface area contributed by atoms with E-state index in [2.05, 4.69) is 5.32 Å². The number of hydrogen-bond acceptors (Lipinski definition) is 4. The first-order valence-corrected chi connectivity index (χ1v) is 9.37. The van der Waals surface area contributed by atoms with Gasteiger partial charge in [0.25, 0.3) is 0 Å². The van der Waals surface area contributed by atoms with Crippen LogP contribution in [0.25, 0.3) is 0 Å². The van der Waals surface area contributed by atoms with Gasteiger partial charge in [-0.2, -0.15) is 4.31 Å². The van der Waals surface area contributed by atoms with Gasteiger partial charge in [-0.15, -0.1) is 12.4 Å². The van der Waals surface area contributed by atoms with Gasteiger partial charge in [-0.05, 0) is 31.3 Å². The maximum absolute atomic E-state index is 12.6. The van der Waals surface area contributed by atoms with E-state index in [1.165, 1.54) is 16.4 Å². The third-order valence-corrected chi connectivity index (χ3v) is 6.10. The monoisotopic (exact) mass is 395 g/mol. The Balaban J connectivity index is 0.00000288. The van der Waals surface area contributed by atoms with E-state index < -0.39 is 10.0 Å². The summed E-state index contributed by atoms with van der Waals surface area (Å²) in [4.78, 5) is 14.2. The Kier molecular flexibility index (Phi) is 7.95. The van der Waals surface area contributed by atoms with Crippen LogP contribution >= 0.6 is 24.0 Å². The summed E-state index contributed by atoms with van der Waals surface area (Å²) in [6.07, 6.45) is 0. The van der Waals surface area contributed by atoms with Gasteiger partial charge in [-0.25, -0.2) is 8.42 Å². The summed E-state index contributed by atoms with van der Waals surface area (Å²) in [5.74, 6) is -0.0534. The Bertz CT molecular complexity index is 644. The fourth-order valence-corrected chi connectivity index (χ4v) is 4.16. The topological polar surface area (TPSA) is 69.7 Å². The molecule has 2 rings (SSSR count). The van der Waals surface area contributed by atoms with Crippen molar-refractivity contribution in [3.05, 3.63) is 29.3 Å². The number of halogens is 2. The first kappa shape index (κ1) is 21.2. The molecule has 0 saturated carbocycles. The van der Waals surface area contributed by atoms with Gasteiger partial charge in [-0.1, -0.05) is 18.5 Å². The molecule has 1 aliphatic heterocycles. The largest absolute Gasteiger partial charge is 0.340 e. The van der Waals surface area contributed by atoms with Crippen LogP contribution < -0.4 is 5.32 Å². The molecule has 0 spiro atoms. The summed E-state index contributed by atoms with van der Waals surface area (Å²) in [6.45, 7) is 3.93. The predicted molar refractivity (Wildman–Crippen MR) is 97.1 cm³/mol. The third-order valence-electron chi connectivity index (χ3n) is 3.93. The summed E-state index contributed by atoms with van der Waals surface area (Å²) in [5, 5.41) is 3.48. The number of carbonyl (C=O) groups excluding carboxylic acids is 1. The molecule has 1 aromatic rings. The SMILES string of the molecule is CNCC(C)C(=O)N1CCN(S(=O)(=O)c2ccc(Cl)cc2)CC1.Cl. The molecule has 1 saturated heterocycles. The van der Waals surface area contributed by atoms with E-state index >= 15 is 0 Å². The fourth-order valence-electron chi connectivity index (χ4n) is 2.61. The van der Waals surface area contributed by atoms with Crippen molar-refractivity contribution in [3.8, 4) is 0 Å². The molecule has 1 fully saturated rings. The molecule has 0 aromatic heterocycles. The van der Waals surface area contributed by atoms with Crippen molar-refractivity contribution in [1.29, 1.82) is 0 Å². The Morgan fingerprint density at radius 1 is 1.21 bits per heavy atom. The zero-order chi connectivity index (χ0) is 17.0. The number of nitrogens with one attached hydrogen (secondary N) is 1. The maximum Gasteiger partial charge on any atom is 0.243 e. The van der Waals surface area contributed by atoms with Crippen molar-refractivity contribution in [2.24, 2.45) is 5.92 Å². The highest BCUT2D eigenvalue weighted by atomic mass is 35.5. The minimum absolute atomic E-state index is 0. The normalized spacial score (nSPS) is 17.2. The maximum atomic E-state index is 12.6. The van der Waals surface area contributed by atoms with Crippen LogP contribution in [-0.2, 0) is 14.8 Å². The Labute approximate surface area is 154 Å². The van der Waals surface area contributed by atoms with Crippen LogP contribution in [0.2, 0.25) is 5.02 Å². The lowest BCUT2D eigenvalue weighted by atomic mass is 10.1. The van der Waals surface area contributed by atoms with Crippen molar-refractivity contribution in [2.75, 3.05) is 39.8 Å². The molecule has 0 aliphatic carbocycles. The zero-order valence-corrected chi connectivity index (χ0v) is 16.1. The van der Waals surface area contributed by atoms with Gasteiger partial charge < -0.3 is 10.2 Å². The zero-order valence-electron chi connectivity index (χ0n) is 13.7. The molecule has 0 bridgehead atoms. The van der Waals surface area contributed by atoms with Crippen molar-refractivity contribution in [2.45, 2.75) is 11.8 Å². The number of piperazine rings is 1. The van der Waals surface area contributed by atoms with Crippen LogP contribution in [0.3, 0.4) is 0 Å². The van der Waals surface area contributed by atoms with Crippen LogP contribution in [0.4, 0.5) is 0 Å². The van der Waals surface area contributed by atoms with Crippen LogP contribution in [0.15, 0.2) is 29.2 Å². The van der Waals surface area contributed by atoms with Crippen molar-refractivity contribution in [3.63, 3.8) is 0 Å². The molecular weight excluding hydrogens is 373 g/mol. The molecule has 6 nitrogen and oxygen atoms in total. The van der Waals surface area contributed by atoms with Gasteiger partial charge in [0.1, 0.15) is 0 Å². The Morgan fingerprint density at radius 3 is 2.25 bits per heavy atom. The van der Waals surface area contributed by atoms with E-state index in [-0.39, 0.29) is 29.1 Å². The number of carbonyl (C=O) groups is 1. The van der Waals surface area contributed by atoms with Crippen LogP contribution in [0.1, 0.15) is 6.92 Å². The van der Waals surface area contributed by atoms with Crippen LogP contribution in [0, 0.1) is 5.92 Å². The van der Waals surface area contributed by atoms with Gasteiger partial charge in [0, 0.05) is 43.7 Å². The van der Waals surface area contributed by atoms with E-state index in [9.17, 15) is 13.2 Å². The lowest BCUT2D eigenvalue weighted by molar-refractivity contribution is -0.136. The van der Waals surface area contributed by atoms with E-state index in [4.69, 9.17) is 11.6 Å². The molecule has 1 heterocycles. The fraction of sp³-hybridized carbons (Fsp3) is 0.533. The van der Waals surface area contributed by atoms with Crippen molar-refractivity contribution in [1.82, 2.24) is 14.5 Å². The number of rotatable bonds is 5. The highest BCUT2D eigenvalue weighted by molar-refractivity contribution is 7.89. The number of hydrogen-bond donors (Lipinski definition) is 1. The first-order valence-electron chi connectivity index (χ1n) is 7.55. The molecule has 1 atom stereocenters. The van der Waals surface area contributed by atoms with E-state index in [1.807, 2.05) is 6.92 Å². The lowest BCUT2D eigenvalue weighted by Gasteiger charge is -2.35. The summed E-state index contributed by atoms with van der Waals surface area (Å²) in [6, 6.07) is 6.13. The average Bonchev–Trinajstić information content (AvgIpc) is 2.55. The van der Waals surface area contributed by atoms with E-state index in [0.717, 1.165) is 0 Å². The van der Waals surface area contributed by atoms with Crippen LogP contribution in [-0.4, -0.2) is 63.3 Å². The summed E-state index contributed by atoms with van der Waals surface area (Å²) in [7, 11) is -1.73. The number of sulfonamides is 1. The Hall–Kier alpha value is -0.860. The highest BCUT2D eigenvalue weighted by Crippen LogP contribution is 2.20. The van der Waals surface area contributed by atoms with Crippen LogP contribution in [0.5, 0.6) is 0 Å². The number of amides is 1. The molecule has 1 aromatic carbocycles. The minimum atomic E-state index is -3.53. The second-order valence-electron chi connectivity index (χ2n) is 5.64. The average molecular weight is 396 g/mol. The molecule has 1 N–H and O–H groups in total. The molecule has 1 aliphatic rings. The minimum Gasteiger partial charge on any atom is -0.340 e. The molecule has 136 valence electrons. The highest BCUT2D eigenvalue weighted by Gasteiger charge is 2.31. The van der Waals surface area contributed by atoms with Gasteiger partial charge >= 0.3 is 0 Å². The van der Waals surface area contributed by atoms with Crippen molar-refractivity contribution < 1.29 is 13.2 Å². The summed E-state index contributed by atoms with van der Waals surface area (Å²) in [5.41, 5.74) is 0. The smallest absolute Gasteiger partial charge is 0.243 e. The molecular formula is C15H23Cl2N3O3S. The number of nitrogens with zero attached hydrogens (tertiary/aromatic N) is 2. The summed E-state index contributed by atoms with van der Waals surface area (Å²) < 4.78 is 26.6. The molecule has 24 heavy (non-hydrogen) atoms. The van der Waals surface area contributed by atoms with Gasteiger partial charge in [0.05, 0.1) is 4.90 Å². The van der Waals surface area contributed by atoms with Gasteiger partial charge in [0.2, 0.25) is 15.9 Å². The Morgan fingerprint density at radius 2 is 1.75 bits per heavy atom. The van der Waals surface area contributed by atoms with E-state index in [0.29, 0.717) is 37.7 Å². The second-order valence-corrected chi connectivity index (χ2v) is 8.02. The summed E-state index contributed by atoms with van der Waals surface area (Å²) >= 11 is 5.80. The molecule has 1 unspecified atom stereocenters. The van der Waals surface area contributed by atoms with Gasteiger partial charge in [-0.3, -0.25) is 4.79 Å². The van der Waals surface area contributed by atoms with E-state index in [1.54, 1.807) is 24.1 Å². The molecule has 1 amide bonds. The predicted octanol–water partition coefficient (Wildman–Crippen LogP) is 1.45. The standard InChI is InChI=1S/C15H22ClN3O3S.ClH/c1-12(11-17-2)15(20)18-7-9-19(10-8-18)23(21,22)14-5-3-13(16)4-6-14;/h3-6,12,17H,7-11H2,1-2H3;1H. The first-order chi connectivity index (χ1) is 10.9. The molecule has 0 radical (unpaired) electrons.